The van der Waals surface area contributed by atoms with E-state index in [1.807, 2.05) is 17.5 Å². The molecule has 0 saturated heterocycles. The standard InChI is InChI=1S/C16H19FN2OS/c1-3-6-13(14-9-5-10-21-14)19-16(20)11-7-4-8-12(17)15(11)18-2/h4-5,7-10,13,18H,3,6H2,1-2H3,(H,19,20). The Hall–Kier alpha value is -1.88. The first kappa shape index (κ1) is 15.5. The maximum absolute atomic E-state index is 13.7. The van der Waals surface area contributed by atoms with Crippen LogP contribution in [0.15, 0.2) is 35.7 Å². The Bertz CT molecular complexity index is 598. The molecule has 3 nitrogen and oxygen atoms in total. The van der Waals surface area contributed by atoms with Crippen LogP contribution in [-0.2, 0) is 0 Å². The molecule has 1 aromatic carbocycles. The minimum atomic E-state index is -0.423. The van der Waals surface area contributed by atoms with E-state index in [2.05, 4.69) is 17.6 Å². The van der Waals surface area contributed by atoms with Gasteiger partial charge in [0.05, 0.1) is 17.3 Å². The van der Waals surface area contributed by atoms with Gasteiger partial charge in [0.1, 0.15) is 5.82 Å². The molecule has 1 atom stereocenters. The van der Waals surface area contributed by atoms with Crippen molar-refractivity contribution in [1.82, 2.24) is 5.32 Å². The van der Waals surface area contributed by atoms with Gasteiger partial charge in [0.25, 0.3) is 5.91 Å². The van der Waals surface area contributed by atoms with Crippen molar-refractivity contribution in [2.75, 3.05) is 12.4 Å². The highest BCUT2D eigenvalue weighted by atomic mass is 32.1. The van der Waals surface area contributed by atoms with Crippen LogP contribution in [-0.4, -0.2) is 13.0 Å². The van der Waals surface area contributed by atoms with Gasteiger partial charge in [-0.2, -0.15) is 0 Å². The highest BCUT2D eigenvalue weighted by Crippen LogP contribution is 2.25. The number of nitrogens with one attached hydrogen (secondary N) is 2. The molecule has 0 aliphatic heterocycles. The van der Waals surface area contributed by atoms with Gasteiger partial charge in [-0.25, -0.2) is 4.39 Å². The van der Waals surface area contributed by atoms with Gasteiger partial charge in [0.15, 0.2) is 0 Å². The molecule has 1 heterocycles. The normalized spacial score (nSPS) is 12.0. The molecule has 0 spiro atoms. The van der Waals surface area contributed by atoms with E-state index in [0.717, 1.165) is 17.7 Å². The van der Waals surface area contributed by atoms with Gasteiger partial charge in [-0.15, -0.1) is 11.3 Å². The van der Waals surface area contributed by atoms with Crippen LogP contribution in [0.2, 0.25) is 0 Å². The summed E-state index contributed by atoms with van der Waals surface area (Å²) in [5.74, 6) is -0.681. The van der Waals surface area contributed by atoms with Crippen molar-refractivity contribution >= 4 is 22.9 Å². The van der Waals surface area contributed by atoms with E-state index in [1.54, 1.807) is 30.5 Å². The Kier molecular flexibility index (Phi) is 5.33. The van der Waals surface area contributed by atoms with Crippen molar-refractivity contribution in [2.24, 2.45) is 0 Å². The second-order valence-corrected chi connectivity index (χ2v) is 5.72. The molecule has 0 aliphatic rings. The summed E-state index contributed by atoms with van der Waals surface area (Å²) < 4.78 is 13.7. The lowest BCUT2D eigenvalue weighted by molar-refractivity contribution is 0.0935. The smallest absolute Gasteiger partial charge is 0.253 e. The van der Waals surface area contributed by atoms with E-state index < -0.39 is 5.82 Å². The highest BCUT2D eigenvalue weighted by Gasteiger charge is 2.19. The predicted octanol–water partition coefficient (Wildman–Crippen LogP) is 4.20. The largest absolute Gasteiger partial charge is 0.385 e. The Morgan fingerprint density at radius 3 is 2.76 bits per heavy atom. The molecule has 5 heteroatoms. The number of carbonyl (C=O) groups excluding carboxylic acids is 1. The third-order valence-electron chi connectivity index (χ3n) is 3.28. The molecular weight excluding hydrogens is 287 g/mol. The molecule has 1 unspecified atom stereocenters. The summed E-state index contributed by atoms with van der Waals surface area (Å²) in [5.41, 5.74) is 0.562. The molecule has 2 N–H and O–H groups in total. The van der Waals surface area contributed by atoms with E-state index in [9.17, 15) is 9.18 Å². The van der Waals surface area contributed by atoms with E-state index >= 15 is 0 Å². The molecule has 0 saturated carbocycles. The molecule has 112 valence electrons. The molecule has 21 heavy (non-hydrogen) atoms. The summed E-state index contributed by atoms with van der Waals surface area (Å²) in [5, 5.41) is 7.75. The zero-order valence-electron chi connectivity index (χ0n) is 12.2. The quantitative estimate of drug-likeness (QED) is 0.840. The maximum Gasteiger partial charge on any atom is 0.253 e. The van der Waals surface area contributed by atoms with Crippen LogP contribution in [0, 0.1) is 5.82 Å². The van der Waals surface area contributed by atoms with E-state index in [-0.39, 0.29) is 17.6 Å². The second kappa shape index (κ2) is 7.22. The number of thiophene rings is 1. The first-order valence-electron chi connectivity index (χ1n) is 6.97. The zero-order chi connectivity index (χ0) is 15.2. The van der Waals surface area contributed by atoms with Crippen molar-refractivity contribution in [3.8, 4) is 0 Å². The van der Waals surface area contributed by atoms with Crippen LogP contribution in [0.4, 0.5) is 10.1 Å². The molecule has 2 rings (SSSR count). The average molecular weight is 306 g/mol. The van der Waals surface area contributed by atoms with Crippen LogP contribution in [0.1, 0.15) is 41.0 Å². The lowest BCUT2D eigenvalue weighted by atomic mass is 10.1. The number of para-hydroxylation sites is 1. The number of anilines is 1. The summed E-state index contributed by atoms with van der Waals surface area (Å²) >= 11 is 1.62. The first-order chi connectivity index (χ1) is 10.2. The average Bonchev–Trinajstić information content (AvgIpc) is 3.00. The molecule has 1 aromatic heterocycles. The summed E-state index contributed by atoms with van der Waals surface area (Å²) in [7, 11) is 1.61. The van der Waals surface area contributed by atoms with Gasteiger partial charge in [-0.1, -0.05) is 25.5 Å². The molecule has 2 aromatic rings. The van der Waals surface area contributed by atoms with Gasteiger partial charge >= 0.3 is 0 Å². The lowest BCUT2D eigenvalue weighted by Gasteiger charge is -2.18. The van der Waals surface area contributed by atoms with Crippen LogP contribution in [0.5, 0.6) is 0 Å². The van der Waals surface area contributed by atoms with Crippen molar-refractivity contribution in [2.45, 2.75) is 25.8 Å². The Balaban J connectivity index is 2.22. The monoisotopic (exact) mass is 306 g/mol. The van der Waals surface area contributed by atoms with Gasteiger partial charge in [-0.3, -0.25) is 4.79 Å². The third-order valence-corrected chi connectivity index (χ3v) is 4.26. The lowest BCUT2D eigenvalue weighted by Crippen LogP contribution is -2.28. The molecule has 1 amide bonds. The minimum absolute atomic E-state index is 0.0320. The number of hydrogen-bond acceptors (Lipinski definition) is 3. The molecule has 0 radical (unpaired) electrons. The summed E-state index contributed by atoms with van der Waals surface area (Å²) in [6.45, 7) is 2.08. The van der Waals surface area contributed by atoms with Gasteiger partial charge in [0, 0.05) is 11.9 Å². The fraction of sp³-hybridized carbons (Fsp3) is 0.312. The Labute approximate surface area is 128 Å². The third kappa shape index (κ3) is 3.61. The van der Waals surface area contributed by atoms with Gasteiger partial charge in [0.2, 0.25) is 0 Å². The number of halogens is 1. The number of carbonyl (C=O) groups is 1. The zero-order valence-corrected chi connectivity index (χ0v) is 13.0. The molecule has 0 fully saturated rings. The van der Waals surface area contributed by atoms with Crippen LogP contribution >= 0.6 is 11.3 Å². The number of rotatable bonds is 6. The predicted molar refractivity (Wildman–Crippen MR) is 85.4 cm³/mol. The van der Waals surface area contributed by atoms with E-state index in [4.69, 9.17) is 0 Å². The maximum atomic E-state index is 13.7. The minimum Gasteiger partial charge on any atom is -0.385 e. The summed E-state index contributed by atoms with van der Waals surface area (Å²) in [6, 6.07) is 8.46. The van der Waals surface area contributed by atoms with Gasteiger partial charge < -0.3 is 10.6 Å². The SMILES string of the molecule is CCCC(NC(=O)c1cccc(F)c1NC)c1cccs1. The first-order valence-corrected chi connectivity index (χ1v) is 7.85. The fourth-order valence-electron chi connectivity index (χ4n) is 2.27. The van der Waals surface area contributed by atoms with Gasteiger partial charge in [-0.05, 0) is 30.0 Å². The van der Waals surface area contributed by atoms with Crippen molar-refractivity contribution in [3.63, 3.8) is 0 Å². The molecule has 0 aliphatic carbocycles. The van der Waals surface area contributed by atoms with Crippen LogP contribution in [0.3, 0.4) is 0 Å². The molecule has 0 bridgehead atoms. The fourth-order valence-corrected chi connectivity index (χ4v) is 3.08. The highest BCUT2D eigenvalue weighted by molar-refractivity contribution is 7.10. The van der Waals surface area contributed by atoms with E-state index in [1.165, 1.54) is 6.07 Å². The molecular formula is C16H19FN2OS. The number of amides is 1. The van der Waals surface area contributed by atoms with Crippen molar-refractivity contribution in [3.05, 3.63) is 52.0 Å². The van der Waals surface area contributed by atoms with Crippen molar-refractivity contribution in [1.29, 1.82) is 0 Å². The number of benzene rings is 1. The summed E-state index contributed by atoms with van der Waals surface area (Å²) in [4.78, 5) is 13.6. The summed E-state index contributed by atoms with van der Waals surface area (Å²) in [6.07, 6.45) is 1.82. The van der Waals surface area contributed by atoms with E-state index in [0.29, 0.717) is 5.56 Å². The van der Waals surface area contributed by atoms with Crippen LogP contribution < -0.4 is 10.6 Å². The Morgan fingerprint density at radius 2 is 2.14 bits per heavy atom. The van der Waals surface area contributed by atoms with Crippen LogP contribution in [0.25, 0.3) is 0 Å². The topological polar surface area (TPSA) is 41.1 Å². The Morgan fingerprint density at radius 1 is 1.33 bits per heavy atom. The second-order valence-electron chi connectivity index (χ2n) is 4.74. The van der Waals surface area contributed by atoms with Crippen molar-refractivity contribution < 1.29 is 9.18 Å². The number of hydrogen-bond donors (Lipinski definition) is 2.